The van der Waals surface area contributed by atoms with E-state index in [2.05, 4.69) is 0 Å². The average molecular weight is 542 g/mol. The summed E-state index contributed by atoms with van der Waals surface area (Å²) in [7, 11) is 0. The molecule has 2 aromatic rings. The molecule has 0 aromatic heterocycles. The highest BCUT2D eigenvalue weighted by Gasteiger charge is 2.29. The van der Waals surface area contributed by atoms with Gasteiger partial charge in [0.2, 0.25) is 0 Å². The Kier molecular flexibility index (Phi) is 10.1. The standard InChI is InChI=1S/C30H36FNO7/c31-28-4-2-1-3-23(28)16-25(34)14-21-5-8-24-17-32(12-11-22(24)13-21)30(37)39-27-9-6-20(7-10-27)15-29(36)38-19-26(35)18-33/h1-5,8,13,20,26-27,33,35H,6-7,9-12,14-19H2/t20?,26-,27?/m0/s1. The zero-order chi connectivity index (χ0) is 27.8. The van der Waals surface area contributed by atoms with E-state index in [1.165, 1.54) is 6.07 Å². The van der Waals surface area contributed by atoms with Crippen molar-refractivity contribution in [2.24, 2.45) is 5.92 Å². The fourth-order valence-electron chi connectivity index (χ4n) is 5.22. The molecule has 2 N–H and O–H groups in total. The number of rotatable bonds is 10. The second kappa shape index (κ2) is 13.7. The zero-order valence-electron chi connectivity index (χ0n) is 22.0. The lowest BCUT2D eigenvalue weighted by Gasteiger charge is -2.32. The van der Waals surface area contributed by atoms with Crippen LogP contribution in [0.25, 0.3) is 0 Å². The summed E-state index contributed by atoms with van der Waals surface area (Å²) in [5, 5.41) is 18.1. The number of aliphatic hydroxyl groups is 2. The molecule has 39 heavy (non-hydrogen) atoms. The number of Topliss-reactive ketones (excluding diaryl/α,β-unsaturated/α-hetero) is 1. The Morgan fingerprint density at radius 3 is 2.54 bits per heavy atom. The number of hydrogen-bond acceptors (Lipinski definition) is 7. The van der Waals surface area contributed by atoms with E-state index in [9.17, 15) is 23.9 Å². The van der Waals surface area contributed by atoms with Crippen molar-refractivity contribution in [3.8, 4) is 0 Å². The number of carbonyl (C=O) groups is 3. The van der Waals surface area contributed by atoms with Crippen LogP contribution in [0, 0.1) is 11.7 Å². The van der Waals surface area contributed by atoms with E-state index in [0.717, 1.165) is 29.5 Å². The molecule has 210 valence electrons. The van der Waals surface area contributed by atoms with Gasteiger partial charge in [-0.05, 0) is 66.3 Å². The molecule has 1 aliphatic heterocycles. The number of benzene rings is 2. The molecule has 2 aromatic carbocycles. The number of halogens is 1. The summed E-state index contributed by atoms with van der Waals surface area (Å²) in [6, 6.07) is 12.2. The maximum atomic E-state index is 13.9. The number of nitrogens with zero attached hydrogens (tertiary/aromatic N) is 1. The van der Waals surface area contributed by atoms with Crippen LogP contribution >= 0.6 is 0 Å². The number of ether oxygens (including phenoxy) is 2. The van der Waals surface area contributed by atoms with E-state index in [1.54, 1.807) is 23.1 Å². The number of carbonyl (C=O) groups excluding carboxylic acids is 3. The summed E-state index contributed by atoms with van der Waals surface area (Å²) in [6.07, 6.45) is 2.47. The molecule has 1 heterocycles. The van der Waals surface area contributed by atoms with E-state index in [0.29, 0.717) is 37.9 Å². The highest BCUT2D eigenvalue weighted by atomic mass is 19.1. The fraction of sp³-hybridized carbons (Fsp3) is 0.500. The van der Waals surface area contributed by atoms with E-state index in [-0.39, 0.29) is 55.6 Å². The number of amides is 1. The molecule has 8 nitrogen and oxygen atoms in total. The molecule has 0 unspecified atom stereocenters. The zero-order valence-corrected chi connectivity index (χ0v) is 22.0. The second-order valence-electron chi connectivity index (χ2n) is 10.5. The molecule has 1 aliphatic carbocycles. The summed E-state index contributed by atoms with van der Waals surface area (Å²) < 4.78 is 24.6. The summed E-state index contributed by atoms with van der Waals surface area (Å²) >= 11 is 0. The van der Waals surface area contributed by atoms with Crippen molar-refractivity contribution >= 4 is 17.8 Å². The quantitative estimate of drug-likeness (QED) is 0.443. The first kappa shape index (κ1) is 28.7. The lowest BCUT2D eigenvalue weighted by Crippen LogP contribution is -2.39. The molecule has 0 bridgehead atoms. The Hall–Kier alpha value is -3.30. The van der Waals surface area contributed by atoms with Gasteiger partial charge in [0, 0.05) is 32.4 Å². The Labute approximate surface area is 227 Å². The molecule has 0 radical (unpaired) electrons. The first-order valence-corrected chi connectivity index (χ1v) is 13.6. The van der Waals surface area contributed by atoms with Gasteiger partial charge >= 0.3 is 12.1 Å². The van der Waals surface area contributed by atoms with Gasteiger partial charge in [0.25, 0.3) is 0 Å². The van der Waals surface area contributed by atoms with Crippen LogP contribution < -0.4 is 0 Å². The van der Waals surface area contributed by atoms with Crippen molar-refractivity contribution < 1.29 is 38.5 Å². The molecular formula is C30H36FNO7. The maximum Gasteiger partial charge on any atom is 0.410 e. The summed E-state index contributed by atoms with van der Waals surface area (Å²) in [6.45, 7) is 0.306. The molecule has 1 amide bonds. The minimum atomic E-state index is -1.06. The van der Waals surface area contributed by atoms with Crippen molar-refractivity contribution in [1.29, 1.82) is 0 Å². The Bertz CT molecular complexity index is 1160. The van der Waals surface area contributed by atoms with Crippen molar-refractivity contribution in [2.75, 3.05) is 19.8 Å². The van der Waals surface area contributed by atoms with E-state index >= 15 is 0 Å². The maximum absolute atomic E-state index is 13.9. The molecule has 4 rings (SSSR count). The fourth-order valence-corrected chi connectivity index (χ4v) is 5.22. The largest absolute Gasteiger partial charge is 0.463 e. The van der Waals surface area contributed by atoms with Gasteiger partial charge in [-0.25, -0.2) is 9.18 Å². The van der Waals surface area contributed by atoms with E-state index in [1.807, 2.05) is 18.2 Å². The normalized spacial score (nSPS) is 19.6. The monoisotopic (exact) mass is 541 g/mol. The molecule has 1 saturated carbocycles. The Balaban J connectivity index is 1.20. The Morgan fingerprint density at radius 1 is 1.03 bits per heavy atom. The minimum Gasteiger partial charge on any atom is -0.463 e. The summed E-state index contributed by atoms with van der Waals surface area (Å²) in [4.78, 5) is 38.9. The van der Waals surface area contributed by atoms with Gasteiger partial charge in [0.1, 0.15) is 30.4 Å². The number of ketones is 1. The first-order chi connectivity index (χ1) is 18.8. The number of aliphatic hydroxyl groups excluding tert-OH is 2. The highest BCUT2D eigenvalue weighted by molar-refractivity contribution is 5.83. The van der Waals surface area contributed by atoms with E-state index < -0.39 is 18.7 Å². The van der Waals surface area contributed by atoms with Gasteiger partial charge < -0.3 is 24.6 Å². The SMILES string of the molecule is O=C(Cc1ccc2c(c1)CCN(C(=O)OC1CCC(CC(=O)OC[C@@H](O)CO)CC1)C2)Cc1ccccc1F. The van der Waals surface area contributed by atoms with Crippen LogP contribution in [0.2, 0.25) is 0 Å². The third kappa shape index (κ3) is 8.34. The van der Waals surface area contributed by atoms with Crippen LogP contribution in [-0.2, 0) is 44.9 Å². The lowest BCUT2D eigenvalue weighted by molar-refractivity contribution is -0.148. The predicted molar refractivity (Wildman–Crippen MR) is 140 cm³/mol. The van der Waals surface area contributed by atoms with Crippen molar-refractivity contribution in [3.63, 3.8) is 0 Å². The number of hydrogen-bond donors (Lipinski definition) is 2. The molecule has 1 atom stereocenters. The van der Waals surface area contributed by atoms with Crippen LogP contribution in [0.15, 0.2) is 42.5 Å². The van der Waals surface area contributed by atoms with Gasteiger partial charge in [-0.1, -0.05) is 36.4 Å². The topological polar surface area (TPSA) is 113 Å². The van der Waals surface area contributed by atoms with Crippen LogP contribution in [0.5, 0.6) is 0 Å². The van der Waals surface area contributed by atoms with E-state index in [4.69, 9.17) is 14.6 Å². The average Bonchev–Trinajstić information content (AvgIpc) is 2.93. The molecular weight excluding hydrogens is 505 g/mol. The van der Waals surface area contributed by atoms with Crippen LogP contribution in [0.1, 0.15) is 54.4 Å². The minimum absolute atomic E-state index is 0.0480. The first-order valence-electron chi connectivity index (χ1n) is 13.6. The van der Waals surface area contributed by atoms with Gasteiger partial charge in [-0.15, -0.1) is 0 Å². The van der Waals surface area contributed by atoms with Crippen molar-refractivity contribution in [2.45, 2.75) is 70.1 Å². The van der Waals surface area contributed by atoms with Gasteiger partial charge in [0.05, 0.1) is 6.61 Å². The second-order valence-corrected chi connectivity index (χ2v) is 10.5. The van der Waals surface area contributed by atoms with Crippen molar-refractivity contribution in [3.05, 3.63) is 70.5 Å². The van der Waals surface area contributed by atoms with Gasteiger partial charge in [-0.2, -0.15) is 0 Å². The van der Waals surface area contributed by atoms with Gasteiger partial charge in [0.15, 0.2) is 0 Å². The predicted octanol–water partition coefficient (Wildman–Crippen LogP) is 3.52. The Morgan fingerprint density at radius 2 is 1.79 bits per heavy atom. The molecule has 0 saturated heterocycles. The summed E-state index contributed by atoms with van der Waals surface area (Å²) in [5.74, 6) is -0.665. The summed E-state index contributed by atoms with van der Waals surface area (Å²) in [5.41, 5.74) is 3.42. The smallest absolute Gasteiger partial charge is 0.410 e. The van der Waals surface area contributed by atoms with Crippen LogP contribution in [-0.4, -0.2) is 64.9 Å². The lowest BCUT2D eigenvalue weighted by atomic mass is 9.85. The highest BCUT2D eigenvalue weighted by Crippen LogP contribution is 2.30. The van der Waals surface area contributed by atoms with Crippen LogP contribution in [0.4, 0.5) is 9.18 Å². The molecule has 2 aliphatic rings. The number of fused-ring (bicyclic) bond motifs is 1. The van der Waals surface area contributed by atoms with Crippen molar-refractivity contribution in [1.82, 2.24) is 4.90 Å². The van der Waals surface area contributed by atoms with Gasteiger partial charge in [-0.3, -0.25) is 9.59 Å². The third-order valence-electron chi connectivity index (χ3n) is 7.45. The third-order valence-corrected chi connectivity index (χ3v) is 7.45. The number of esters is 1. The molecule has 9 heteroatoms. The molecule has 1 fully saturated rings. The molecule has 0 spiro atoms. The van der Waals surface area contributed by atoms with Crippen LogP contribution in [0.3, 0.4) is 0 Å².